The number of rotatable bonds is 4. The van der Waals surface area contributed by atoms with Gasteiger partial charge in [0.2, 0.25) is 5.91 Å². The summed E-state index contributed by atoms with van der Waals surface area (Å²) >= 11 is 0. The molecular weight excluding hydrogens is 360 g/mol. The molecule has 1 aromatic heterocycles. The van der Waals surface area contributed by atoms with E-state index in [4.69, 9.17) is 0 Å². The molecule has 2 N–H and O–H groups in total. The van der Waals surface area contributed by atoms with Gasteiger partial charge in [0.05, 0.1) is 6.04 Å². The minimum atomic E-state index is -0.586. The number of aromatic nitrogens is 2. The number of nitrogens with zero attached hydrogens (tertiary/aromatic N) is 2. The molecule has 146 valence electrons. The second-order valence-electron chi connectivity index (χ2n) is 7.66. The van der Waals surface area contributed by atoms with Crippen molar-refractivity contribution < 1.29 is 4.79 Å². The Morgan fingerprint density at radius 3 is 2.67 bits per heavy atom. The van der Waals surface area contributed by atoms with Gasteiger partial charge in [-0.15, -0.1) is 12.4 Å². The molecule has 1 fully saturated rings. The normalized spacial score (nSPS) is 19.4. The van der Waals surface area contributed by atoms with E-state index < -0.39 is 5.54 Å². The van der Waals surface area contributed by atoms with Gasteiger partial charge in [-0.3, -0.25) is 9.48 Å². The molecule has 1 amide bonds. The molecule has 1 saturated heterocycles. The fourth-order valence-corrected chi connectivity index (χ4v) is 4.36. The number of fused-ring (bicyclic) bond motifs is 1. The van der Waals surface area contributed by atoms with Crippen LogP contribution in [0.1, 0.15) is 55.3 Å². The van der Waals surface area contributed by atoms with Crippen LogP contribution in [0.15, 0.2) is 36.7 Å². The lowest BCUT2D eigenvalue weighted by Gasteiger charge is -2.37. The molecule has 5 nitrogen and oxygen atoms in total. The Morgan fingerprint density at radius 1 is 1.22 bits per heavy atom. The van der Waals surface area contributed by atoms with Crippen LogP contribution in [0.4, 0.5) is 0 Å². The van der Waals surface area contributed by atoms with Crippen molar-refractivity contribution in [3.63, 3.8) is 0 Å². The molecule has 0 bridgehead atoms. The highest BCUT2D eigenvalue weighted by molar-refractivity contribution is 5.85. The van der Waals surface area contributed by atoms with Gasteiger partial charge in [-0.1, -0.05) is 18.2 Å². The lowest BCUT2D eigenvalue weighted by Crippen LogP contribution is -2.55. The zero-order valence-corrected chi connectivity index (χ0v) is 16.7. The average molecular weight is 389 g/mol. The third-order valence-electron chi connectivity index (χ3n) is 6.02. The Labute approximate surface area is 167 Å². The van der Waals surface area contributed by atoms with Crippen LogP contribution in [0, 0.1) is 0 Å². The van der Waals surface area contributed by atoms with Gasteiger partial charge in [-0.25, -0.2) is 0 Å². The summed E-state index contributed by atoms with van der Waals surface area (Å²) in [6, 6.07) is 8.61. The van der Waals surface area contributed by atoms with Crippen molar-refractivity contribution in [2.24, 2.45) is 0 Å². The number of carbonyl (C=O) groups is 1. The van der Waals surface area contributed by atoms with E-state index >= 15 is 0 Å². The lowest BCUT2D eigenvalue weighted by atomic mass is 9.86. The highest BCUT2D eigenvalue weighted by atomic mass is 35.5. The summed E-state index contributed by atoms with van der Waals surface area (Å²) < 4.78 is 1.85. The maximum Gasteiger partial charge on any atom is 0.248 e. The van der Waals surface area contributed by atoms with Crippen molar-refractivity contribution >= 4 is 18.3 Å². The summed E-state index contributed by atoms with van der Waals surface area (Å²) in [4.78, 5) is 13.3. The minimum Gasteiger partial charge on any atom is -0.347 e. The number of hydrogen-bond donors (Lipinski definition) is 2. The molecule has 6 heteroatoms. The monoisotopic (exact) mass is 388 g/mol. The molecule has 1 aliphatic heterocycles. The predicted octanol–water partition coefficient (Wildman–Crippen LogP) is 3.14. The van der Waals surface area contributed by atoms with Crippen LogP contribution in [0.5, 0.6) is 0 Å². The second-order valence-corrected chi connectivity index (χ2v) is 7.66. The molecule has 0 spiro atoms. The fraction of sp³-hybridized carbons (Fsp3) is 0.524. The topological polar surface area (TPSA) is 59.0 Å². The SMILES string of the molecule is CC(NC(=O)C1(n2cccn2)CCNCC1)c1ccc2c(c1)CCCC2.Cl. The maximum atomic E-state index is 13.3. The number of aryl methyl sites for hydroxylation is 2. The number of hydrogen-bond acceptors (Lipinski definition) is 3. The number of piperidine rings is 1. The molecule has 27 heavy (non-hydrogen) atoms. The van der Waals surface area contributed by atoms with Crippen LogP contribution in [0.25, 0.3) is 0 Å². The Bertz CT molecular complexity index is 768. The maximum absolute atomic E-state index is 13.3. The zero-order chi connectivity index (χ0) is 18.0. The van der Waals surface area contributed by atoms with Crippen molar-refractivity contribution in [3.05, 3.63) is 53.3 Å². The summed E-state index contributed by atoms with van der Waals surface area (Å²) in [6.45, 7) is 3.75. The number of nitrogens with one attached hydrogen (secondary N) is 2. The highest BCUT2D eigenvalue weighted by Crippen LogP contribution is 2.29. The summed E-state index contributed by atoms with van der Waals surface area (Å²) in [5, 5.41) is 11.0. The van der Waals surface area contributed by atoms with Crippen LogP contribution in [-0.4, -0.2) is 28.8 Å². The summed E-state index contributed by atoms with van der Waals surface area (Å²) in [6.07, 6.45) is 10.1. The van der Waals surface area contributed by atoms with Crippen LogP contribution < -0.4 is 10.6 Å². The molecule has 1 unspecified atom stereocenters. The zero-order valence-electron chi connectivity index (χ0n) is 15.9. The summed E-state index contributed by atoms with van der Waals surface area (Å²) in [7, 11) is 0. The van der Waals surface area contributed by atoms with E-state index in [1.807, 2.05) is 16.9 Å². The molecule has 0 saturated carbocycles. The van der Waals surface area contributed by atoms with Gasteiger partial charge in [0, 0.05) is 12.4 Å². The molecule has 4 rings (SSSR count). The van der Waals surface area contributed by atoms with Gasteiger partial charge >= 0.3 is 0 Å². The van der Waals surface area contributed by atoms with Crippen molar-refractivity contribution in [2.45, 2.75) is 57.0 Å². The number of carbonyl (C=O) groups excluding carboxylic acids is 1. The van der Waals surface area contributed by atoms with Gasteiger partial charge < -0.3 is 10.6 Å². The molecule has 1 atom stereocenters. The standard InChI is InChI=1S/C21H28N4O.ClH/c1-16(18-8-7-17-5-2-3-6-19(17)15-18)24-20(26)21(9-12-22-13-10-21)25-14-4-11-23-25;/h4,7-8,11,14-16,22H,2-3,5-6,9-10,12-13H2,1H3,(H,24,26);1H. The van der Waals surface area contributed by atoms with Crippen LogP contribution in [0.2, 0.25) is 0 Å². The van der Waals surface area contributed by atoms with Gasteiger partial charge in [0.15, 0.2) is 0 Å². The Morgan fingerprint density at radius 2 is 1.96 bits per heavy atom. The van der Waals surface area contributed by atoms with E-state index in [2.05, 4.69) is 40.9 Å². The quantitative estimate of drug-likeness (QED) is 0.845. The van der Waals surface area contributed by atoms with E-state index in [1.54, 1.807) is 6.20 Å². The number of benzene rings is 1. The van der Waals surface area contributed by atoms with E-state index in [0.717, 1.165) is 32.4 Å². The first-order chi connectivity index (χ1) is 12.7. The molecule has 0 radical (unpaired) electrons. The van der Waals surface area contributed by atoms with Gasteiger partial charge in [0.25, 0.3) is 0 Å². The van der Waals surface area contributed by atoms with E-state index in [-0.39, 0.29) is 24.4 Å². The molecule has 1 aliphatic carbocycles. The average Bonchev–Trinajstić information content (AvgIpc) is 3.23. The first-order valence-corrected chi connectivity index (χ1v) is 9.82. The molecule has 1 aromatic carbocycles. The largest absolute Gasteiger partial charge is 0.347 e. The van der Waals surface area contributed by atoms with Crippen LogP contribution >= 0.6 is 12.4 Å². The van der Waals surface area contributed by atoms with Crippen molar-refractivity contribution in [3.8, 4) is 0 Å². The van der Waals surface area contributed by atoms with Gasteiger partial charge in [-0.2, -0.15) is 5.10 Å². The van der Waals surface area contributed by atoms with Gasteiger partial charge in [-0.05, 0) is 81.3 Å². The second kappa shape index (κ2) is 8.44. The van der Waals surface area contributed by atoms with Gasteiger partial charge in [0.1, 0.15) is 5.54 Å². The van der Waals surface area contributed by atoms with Crippen LogP contribution in [-0.2, 0) is 23.2 Å². The Hall–Kier alpha value is -1.85. The lowest BCUT2D eigenvalue weighted by molar-refractivity contribution is -0.132. The predicted molar refractivity (Wildman–Crippen MR) is 109 cm³/mol. The number of halogens is 1. The Balaban J connectivity index is 0.00000210. The van der Waals surface area contributed by atoms with E-state index in [1.165, 1.54) is 36.0 Å². The molecule has 2 aromatic rings. The van der Waals surface area contributed by atoms with Crippen molar-refractivity contribution in [1.82, 2.24) is 20.4 Å². The molecule has 2 aliphatic rings. The summed E-state index contributed by atoms with van der Waals surface area (Å²) in [5.41, 5.74) is 3.55. The highest BCUT2D eigenvalue weighted by Gasteiger charge is 2.42. The molecular formula is C21H29ClN4O. The minimum absolute atomic E-state index is 0. The first-order valence-electron chi connectivity index (χ1n) is 9.82. The third-order valence-corrected chi connectivity index (χ3v) is 6.02. The van der Waals surface area contributed by atoms with E-state index in [9.17, 15) is 4.79 Å². The van der Waals surface area contributed by atoms with E-state index in [0.29, 0.717) is 0 Å². The Kier molecular flexibility index (Phi) is 6.22. The fourth-order valence-electron chi connectivity index (χ4n) is 4.36. The van der Waals surface area contributed by atoms with Crippen LogP contribution in [0.3, 0.4) is 0 Å². The summed E-state index contributed by atoms with van der Waals surface area (Å²) in [5.74, 6) is 0.0768. The third kappa shape index (κ3) is 3.90. The van der Waals surface area contributed by atoms with Crippen molar-refractivity contribution in [2.75, 3.05) is 13.1 Å². The number of amides is 1. The molecule has 2 heterocycles. The smallest absolute Gasteiger partial charge is 0.248 e. The van der Waals surface area contributed by atoms with Crippen molar-refractivity contribution in [1.29, 1.82) is 0 Å². The first kappa shape index (κ1) is 19.9.